The third-order valence-electron chi connectivity index (χ3n) is 5.01. The predicted octanol–water partition coefficient (Wildman–Crippen LogP) is 5.72. The molecule has 4 rings (SSSR count). The van der Waals surface area contributed by atoms with Gasteiger partial charge in [-0.25, -0.2) is 4.79 Å². The molecule has 0 heterocycles. The second-order valence-corrected chi connectivity index (χ2v) is 7.22. The van der Waals surface area contributed by atoms with E-state index in [1.165, 1.54) is 22.3 Å². The van der Waals surface area contributed by atoms with Gasteiger partial charge in [-0.1, -0.05) is 37.8 Å². The van der Waals surface area contributed by atoms with Crippen molar-refractivity contribution in [2.45, 2.75) is 26.4 Å². The van der Waals surface area contributed by atoms with E-state index >= 15 is 0 Å². The summed E-state index contributed by atoms with van der Waals surface area (Å²) in [4.78, 5) is 11.2. The van der Waals surface area contributed by atoms with Gasteiger partial charge in [-0.2, -0.15) is 0 Å². The molecule has 0 unspecified atom stereocenters. The fraction of sp³-hybridized carbons (Fsp3) is 0.192. The summed E-state index contributed by atoms with van der Waals surface area (Å²) in [6.45, 7) is 6.68. The van der Waals surface area contributed by atoms with Crippen molar-refractivity contribution >= 4 is 5.97 Å². The first kappa shape index (κ1) is 19.8. The van der Waals surface area contributed by atoms with Crippen molar-refractivity contribution in [3.8, 4) is 28.4 Å². The van der Waals surface area contributed by atoms with Gasteiger partial charge in [-0.05, 0) is 77.1 Å². The zero-order chi connectivity index (χ0) is 20.9. The molecule has 0 spiro atoms. The van der Waals surface area contributed by atoms with Gasteiger partial charge in [0.15, 0.2) is 0 Å². The molecule has 0 aromatic heterocycles. The number of hydrogen-bond donors (Lipinski definition) is 0. The second-order valence-electron chi connectivity index (χ2n) is 7.22. The van der Waals surface area contributed by atoms with Crippen LogP contribution in [-0.2, 0) is 17.8 Å². The molecule has 30 heavy (non-hydrogen) atoms. The molecule has 0 fully saturated rings. The van der Waals surface area contributed by atoms with Crippen LogP contribution in [0.4, 0.5) is 0 Å². The third-order valence-corrected chi connectivity index (χ3v) is 5.01. The molecule has 152 valence electrons. The Kier molecular flexibility index (Phi) is 5.84. The summed E-state index contributed by atoms with van der Waals surface area (Å²) in [5.41, 5.74) is 6.08. The maximum absolute atomic E-state index is 11.2. The minimum absolute atomic E-state index is 0.441. The van der Waals surface area contributed by atoms with Gasteiger partial charge < -0.3 is 14.2 Å². The van der Waals surface area contributed by atoms with E-state index in [9.17, 15) is 4.79 Å². The van der Waals surface area contributed by atoms with E-state index in [4.69, 9.17) is 14.2 Å². The highest BCUT2D eigenvalue weighted by molar-refractivity contribution is 5.83. The highest BCUT2D eigenvalue weighted by Gasteiger charge is 2.19. The van der Waals surface area contributed by atoms with Crippen LogP contribution in [0, 0.1) is 0 Å². The molecule has 0 atom stereocenters. The van der Waals surface area contributed by atoms with Crippen LogP contribution in [-0.4, -0.2) is 12.6 Å². The number of carbonyl (C=O) groups excluding carboxylic acids is 1. The number of carbonyl (C=O) groups is 1. The van der Waals surface area contributed by atoms with Crippen LogP contribution in [0.1, 0.15) is 30.0 Å². The average Bonchev–Trinajstić information content (AvgIpc) is 3.14. The van der Waals surface area contributed by atoms with Gasteiger partial charge in [-0.3, -0.25) is 0 Å². The molecule has 0 radical (unpaired) electrons. The van der Waals surface area contributed by atoms with E-state index in [2.05, 4.69) is 37.8 Å². The number of benzene rings is 3. The van der Waals surface area contributed by atoms with Crippen molar-refractivity contribution in [1.29, 1.82) is 0 Å². The Morgan fingerprint density at radius 1 is 0.900 bits per heavy atom. The van der Waals surface area contributed by atoms with E-state index in [1.54, 1.807) is 12.1 Å². The molecule has 0 amide bonds. The van der Waals surface area contributed by atoms with Gasteiger partial charge >= 0.3 is 5.97 Å². The van der Waals surface area contributed by atoms with Crippen LogP contribution in [0.3, 0.4) is 0 Å². The molecule has 1 aliphatic carbocycles. The predicted molar refractivity (Wildman–Crippen MR) is 117 cm³/mol. The number of ether oxygens (including phenoxy) is 3. The number of rotatable bonds is 8. The van der Waals surface area contributed by atoms with E-state index in [0.717, 1.165) is 42.6 Å². The Hall–Kier alpha value is -3.53. The standard InChI is InChI=1S/C26H24O4/c1-3-13-28-22-9-11-24-19(15-22)14-20-16-23(10-12-25(20)24)29-17-18-5-7-21(8-6-18)30-26(27)4-2/h4-12,15-16H,2-3,13-14,17H2,1H3. The van der Waals surface area contributed by atoms with Gasteiger partial charge in [0, 0.05) is 6.08 Å². The van der Waals surface area contributed by atoms with Crippen LogP contribution < -0.4 is 14.2 Å². The first-order chi connectivity index (χ1) is 14.7. The summed E-state index contributed by atoms with van der Waals surface area (Å²) < 4.78 is 16.8. The van der Waals surface area contributed by atoms with Crippen molar-refractivity contribution < 1.29 is 19.0 Å². The SMILES string of the molecule is C=CC(=O)Oc1ccc(COc2ccc3c(c2)Cc2cc(OCCC)ccc2-3)cc1. The Bertz CT molecular complexity index is 1070. The highest BCUT2D eigenvalue weighted by atomic mass is 16.5. The molecule has 4 heteroatoms. The lowest BCUT2D eigenvalue weighted by atomic mass is 10.1. The second kappa shape index (κ2) is 8.87. The smallest absolute Gasteiger partial charge is 0.335 e. The van der Waals surface area contributed by atoms with Crippen LogP contribution in [0.2, 0.25) is 0 Å². The molecule has 3 aromatic carbocycles. The first-order valence-electron chi connectivity index (χ1n) is 10.1. The summed E-state index contributed by atoms with van der Waals surface area (Å²) in [6.07, 6.45) is 3.03. The molecule has 0 N–H and O–H groups in total. The highest BCUT2D eigenvalue weighted by Crippen LogP contribution is 2.40. The average molecular weight is 400 g/mol. The minimum atomic E-state index is -0.470. The molecule has 0 saturated heterocycles. The van der Waals surface area contributed by atoms with Gasteiger partial charge in [0.2, 0.25) is 0 Å². The normalized spacial score (nSPS) is 11.4. The van der Waals surface area contributed by atoms with E-state index in [0.29, 0.717) is 12.4 Å². The van der Waals surface area contributed by atoms with Crippen LogP contribution in [0.25, 0.3) is 11.1 Å². The topological polar surface area (TPSA) is 44.8 Å². The van der Waals surface area contributed by atoms with Gasteiger partial charge in [-0.15, -0.1) is 0 Å². The summed E-state index contributed by atoms with van der Waals surface area (Å²) in [7, 11) is 0. The molecule has 3 aromatic rings. The number of fused-ring (bicyclic) bond motifs is 3. The molecule has 1 aliphatic rings. The Morgan fingerprint density at radius 3 is 2.10 bits per heavy atom. The van der Waals surface area contributed by atoms with Crippen LogP contribution >= 0.6 is 0 Å². The molecular formula is C26H24O4. The zero-order valence-electron chi connectivity index (χ0n) is 17.0. The van der Waals surface area contributed by atoms with Crippen LogP contribution in [0.5, 0.6) is 17.2 Å². The fourth-order valence-corrected chi connectivity index (χ4v) is 3.54. The first-order valence-corrected chi connectivity index (χ1v) is 10.1. The van der Waals surface area contributed by atoms with Crippen molar-refractivity contribution in [2.24, 2.45) is 0 Å². The van der Waals surface area contributed by atoms with E-state index in [-0.39, 0.29) is 0 Å². The van der Waals surface area contributed by atoms with Crippen molar-refractivity contribution in [3.63, 3.8) is 0 Å². The lowest BCUT2D eigenvalue weighted by Crippen LogP contribution is -2.03. The zero-order valence-corrected chi connectivity index (χ0v) is 17.0. The maximum atomic E-state index is 11.2. The summed E-state index contributed by atoms with van der Waals surface area (Å²) in [5, 5.41) is 0. The van der Waals surface area contributed by atoms with Crippen molar-refractivity contribution in [3.05, 3.63) is 90.0 Å². The largest absolute Gasteiger partial charge is 0.494 e. The molecular weight excluding hydrogens is 376 g/mol. The van der Waals surface area contributed by atoms with Gasteiger partial charge in [0.1, 0.15) is 23.9 Å². The lowest BCUT2D eigenvalue weighted by molar-refractivity contribution is -0.128. The maximum Gasteiger partial charge on any atom is 0.335 e. The van der Waals surface area contributed by atoms with Gasteiger partial charge in [0.25, 0.3) is 0 Å². The van der Waals surface area contributed by atoms with E-state index in [1.807, 2.05) is 24.3 Å². The van der Waals surface area contributed by atoms with E-state index < -0.39 is 5.97 Å². The number of esters is 1. The molecule has 0 bridgehead atoms. The quantitative estimate of drug-likeness (QED) is 0.216. The number of hydrogen-bond acceptors (Lipinski definition) is 4. The summed E-state index contributed by atoms with van der Waals surface area (Å²) >= 11 is 0. The monoisotopic (exact) mass is 400 g/mol. The Labute approximate surface area is 176 Å². The molecule has 0 aliphatic heterocycles. The van der Waals surface area contributed by atoms with Crippen molar-refractivity contribution in [2.75, 3.05) is 6.61 Å². The van der Waals surface area contributed by atoms with Gasteiger partial charge in [0.05, 0.1) is 6.61 Å². The minimum Gasteiger partial charge on any atom is -0.494 e. The fourth-order valence-electron chi connectivity index (χ4n) is 3.54. The summed E-state index contributed by atoms with van der Waals surface area (Å²) in [6, 6.07) is 19.8. The molecule has 0 saturated carbocycles. The van der Waals surface area contributed by atoms with Crippen molar-refractivity contribution in [1.82, 2.24) is 0 Å². The molecule has 4 nitrogen and oxygen atoms in total. The van der Waals surface area contributed by atoms with Crippen LogP contribution in [0.15, 0.2) is 73.3 Å². The third kappa shape index (κ3) is 4.38. The lowest BCUT2D eigenvalue weighted by Gasteiger charge is -2.09. The Balaban J connectivity index is 1.40. The summed E-state index contributed by atoms with van der Waals surface area (Å²) in [5.74, 6) is 1.79. The Morgan fingerprint density at radius 2 is 1.50 bits per heavy atom.